The molecule has 3 aliphatic carbocycles. The first-order valence-corrected chi connectivity index (χ1v) is 6.97. The van der Waals surface area contributed by atoms with Gasteiger partial charge in [-0.05, 0) is 41.1 Å². The van der Waals surface area contributed by atoms with Gasteiger partial charge in [0.1, 0.15) is 0 Å². The Morgan fingerprint density at radius 3 is 2.82 bits per heavy atom. The van der Waals surface area contributed by atoms with Crippen molar-refractivity contribution in [1.82, 2.24) is 14.7 Å². The molecule has 1 aromatic rings. The molecule has 0 saturated heterocycles. The van der Waals surface area contributed by atoms with Crippen molar-refractivity contribution in [2.45, 2.75) is 32.4 Å². The molecule has 3 saturated carbocycles. The van der Waals surface area contributed by atoms with E-state index >= 15 is 0 Å². The van der Waals surface area contributed by atoms with Crippen molar-refractivity contribution in [1.29, 1.82) is 0 Å². The quantitative estimate of drug-likeness (QED) is 0.792. The molecule has 0 unspecified atom stereocenters. The number of fused-ring (bicyclic) bond motifs is 1. The zero-order chi connectivity index (χ0) is 11.6. The van der Waals surface area contributed by atoms with Crippen LogP contribution in [0.3, 0.4) is 0 Å². The molecule has 17 heavy (non-hydrogen) atoms. The van der Waals surface area contributed by atoms with Crippen molar-refractivity contribution in [3.63, 3.8) is 0 Å². The average Bonchev–Trinajstić information content (AvgIpc) is 2.55. The summed E-state index contributed by atoms with van der Waals surface area (Å²) in [6.45, 7) is 2.35. The highest BCUT2D eigenvalue weighted by molar-refractivity contribution is 9.10. The summed E-state index contributed by atoms with van der Waals surface area (Å²) in [6.07, 6.45) is 5.25. The lowest BCUT2D eigenvalue weighted by molar-refractivity contribution is -0.178. The predicted octanol–water partition coefficient (Wildman–Crippen LogP) is 1.79. The number of hydrogen-bond acceptors (Lipinski definition) is 2. The predicted molar refractivity (Wildman–Crippen MR) is 65.1 cm³/mol. The third kappa shape index (κ3) is 1.23. The first-order chi connectivity index (χ1) is 8.18. The lowest BCUT2D eigenvalue weighted by Crippen LogP contribution is -2.61. The van der Waals surface area contributed by atoms with E-state index in [1.807, 2.05) is 15.8 Å². The fourth-order valence-corrected chi connectivity index (χ4v) is 3.88. The number of hydrogen-bond donors (Lipinski definition) is 0. The Labute approximate surface area is 108 Å². The molecule has 5 heteroatoms. The minimum Gasteiger partial charge on any atom is -0.334 e. The number of nitrogens with zero attached hydrogens (tertiary/aromatic N) is 3. The van der Waals surface area contributed by atoms with Crippen molar-refractivity contribution in [2.75, 3.05) is 6.54 Å². The molecule has 0 spiro atoms. The fraction of sp³-hybridized carbons (Fsp3) is 0.667. The Balaban J connectivity index is 1.57. The molecule has 1 aliphatic heterocycles. The maximum absolute atomic E-state index is 12.5. The number of amides is 1. The van der Waals surface area contributed by atoms with Crippen LogP contribution >= 0.6 is 15.9 Å². The van der Waals surface area contributed by atoms with E-state index in [1.54, 1.807) is 0 Å². The smallest absolute Gasteiger partial charge is 0.229 e. The standard InChI is InChI=1S/C12H14BrN3O/c13-9-6-14-16-2-1-15(7-10(9)16)11(17)12-3-8(4-12)5-12/h6,8H,1-5,7H2. The Bertz CT molecular complexity index is 493. The van der Waals surface area contributed by atoms with Crippen molar-refractivity contribution < 1.29 is 4.79 Å². The van der Waals surface area contributed by atoms with Crippen LogP contribution in [0.5, 0.6) is 0 Å². The Morgan fingerprint density at radius 2 is 2.18 bits per heavy atom. The molecule has 4 aliphatic rings. The largest absolute Gasteiger partial charge is 0.334 e. The molecular formula is C12H14BrN3O. The molecule has 0 N–H and O–H groups in total. The zero-order valence-corrected chi connectivity index (χ0v) is 11.1. The number of rotatable bonds is 1. The molecule has 90 valence electrons. The van der Waals surface area contributed by atoms with E-state index in [-0.39, 0.29) is 5.41 Å². The van der Waals surface area contributed by atoms with E-state index in [4.69, 9.17) is 0 Å². The lowest BCUT2D eigenvalue weighted by atomic mass is 9.44. The van der Waals surface area contributed by atoms with Crippen molar-refractivity contribution in [2.24, 2.45) is 11.3 Å². The summed E-state index contributed by atoms with van der Waals surface area (Å²) in [4.78, 5) is 14.5. The van der Waals surface area contributed by atoms with Gasteiger partial charge >= 0.3 is 0 Å². The molecule has 4 nitrogen and oxygen atoms in total. The second kappa shape index (κ2) is 3.13. The van der Waals surface area contributed by atoms with E-state index in [0.717, 1.165) is 48.4 Å². The van der Waals surface area contributed by atoms with Gasteiger partial charge in [-0.1, -0.05) is 0 Å². The topological polar surface area (TPSA) is 38.1 Å². The first-order valence-electron chi connectivity index (χ1n) is 6.17. The fourth-order valence-electron chi connectivity index (χ4n) is 3.46. The highest BCUT2D eigenvalue weighted by atomic mass is 79.9. The van der Waals surface area contributed by atoms with Crippen LogP contribution in [0.4, 0.5) is 0 Å². The number of carbonyl (C=O) groups is 1. The molecule has 2 bridgehead atoms. The van der Waals surface area contributed by atoms with Gasteiger partial charge in [0.2, 0.25) is 5.91 Å². The van der Waals surface area contributed by atoms with Crippen LogP contribution in [0, 0.1) is 11.3 Å². The second-order valence-corrected chi connectivity index (χ2v) is 6.50. The van der Waals surface area contributed by atoms with Gasteiger partial charge < -0.3 is 4.90 Å². The summed E-state index contributed by atoms with van der Waals surface area (Å²) < 4.78 is 3.02. The lowest BCUT2D eigenvalue weighted by Gasteiger charge is -2.61. The maximum atomic E-state index is 12.5. The molecule has 1 aromatic heterocycles. The third-order valence-electron chi connectivity index (χ3n) is 4.60. The van der Waals surface area contributed by atoms with Crippen LogP contribution < -0.4 is 0 Å². The molecule has 5 rings (SSSR count). The second-order valence-electron chi connectivity index (χ2n) is 5.65. The van der Waals surface area contributed by atoms with Crippen LogP contribution in [-0.4, -0.2) is 27.1 Å². The average molecular weight is 296 g/mol. The molecule has 2 heterocycles. The summed E-state index contributed by atoms with van der Waals surface area (Å²) in [5.41, 5.74) is 1.19. The van der Waals surface area contributed by atoms with Gasteiger partial charge in [-0.15, -0.1) is 0 Å². The normalized spacial score (nSPS) is 33.7. The van der Waals surface area contributed by atoms with E-state index in [0.29, 0.717) is 12.5 Å². The SMILES string of the molecule is O=C(N1CCn2ncc(Br)c2C1)C12CC(C1)C2. The van der Waals surface area contributed by atoms with Crippen LogP contribution in [0.2, 0.25) is 0 Å². The van der Waals surface area contributed by atoms with Crippen LogP contribution in [0.15, 0.2) is 10.7 Å². The van der Waals surface area contributed by atoms with Crippen LogP contribution in [-0.2, 0) is 17.9 Å². The Kier molecular flexibility index (Phi) is 1.86. The molecule has 0 atom stereocenters. The van der Waals surface area contributed by atoms with Crippen molar-refractivity contribution >= 4 is 21.8 Å². The first kappa shape index (κ1) is 10.1. The Morgan fingerprint density at radius 1 is 1.41 bits per heavy atom. The highest BCUT2D eigenvalue weighted by Crippen LogP contribution is 2.65. The van der Waals surface area contributed by atoms with Gasteiger partial charge in [0.25, 0.3) is 0 Å². The van der Waals surface area contributed by atoms with Gasteiger partial charge in [-0.25, -0.2) is 0 Å². The van der Waals surface area contributed by atoms with Gasteiger partial charge in [-0.2, -0.15) is 5.10 Å². The summed E-state index contributed by atoms with van der Waals surface area (Å²) >= 11 is 3.50. The summed E-state index contributed by atoms with van der Waals surface area (Å²) in [5, 5.41) is 4.29. The molecular weight excluding hydrogens is 282 g/mol. The molecule has 0 radical (unpaired) electrons. The minimum absolute atomic E-state index is 0.0549. The van der Waals surface area contributed by atoms with Gasteiger partial charge in [0.05, 0.1) is 34.9 Å². The van der Waals surface area contributed by atoms with E-state index in [1.165, 1.54) is 0 Å². The Hall–Kier alpha value is -0.840. The van der Waals surface area contributed by atoms with Crippen LogP contribution in [0.1, 0.15) is 25.0 Å². The van der Waals surface area contributed by atoms with E-state index < -0.39 is 0 Å². The number of carbonyl (C=O) groups excluding carboxylic acids is 1. The zero-order valence-electron chi connectivity index (χ0n) is 9.53. The molecule has 3 fully saturated rings. The van der Waals surface area contributed by atoms with Crippen molar-refractivity contribution in [3.05, 3.63) is 16.4 Å². The van der Waals surface area contributed by atoms with E-state index in [9.17, 15) is 4.79 Å². The monoisotopic (exact) mass is 295 g/mol. The molecule has 1 amide bonds. The maximum Gasteiger partial charge on any atom is 0.229 e. The third-order valence-corrected chi connectivity index (χ3v) is 5.26. The highest BCUT2D eigenvalue weighted by Gasteiger charge is 2.62. The van der Waals surface area contributed by atoms with Gasteiger partial charge in [0.15, 0.2) is 0 Å². The number of aromatic nitrogens is 2. The minimum atomic E-state index is 0.0549. The van der Waals surface area contributed by atoms with Crippen LogP contribution in [0.25, 0.3) is 0 Å². The summed E-state index contributed by atoms with van der Waals surface area (Å²) in [5.74, 6) is 1.25. The summed E-state index contributed by atoms with van der Waals surface area (Å²) in [7, 11) is 0. The van der Waals surface area contributed by atoms with Gasteiger partial charge in [-0.3, -0.25) is 9.48 Å². The summed E-state index contributed by atoms with van der Waals surface area (Å²) in [6, 6.07) is 0. The molecule has 0 aromatic carbocycles. The van der Waals surface area contributed by atoms with Gasteiger partial charge in [0, 0.05) is 6.54 Å². The number of halogens is 1. The van der Waals surface area contributed by atoms with Crippen molar-refractivity contribution in [3.8, 4) is 0 Å². The van der Waals surface area contributed by atoms with E-state index in [2.05, 4.69) is 21.0 Å².